The summed E-state index contributed by atoms with van der Waals surface area (Å²) in [5.74, 6) is 0.857. The van der Waals surface area contributed by atoms with Gasteiger partial charge in [-0.25, -0.2) is 0 Å². The second-order valence-electron chi connectivity index (χ2n) is 7.32. The van der Waals surface area contributed by atoms with Crippen molar-refractivity contribution in [2.45, 2.75) is 51.6 Å². The van der Waals surface area contributed by atoms with Gasteiger partial charge in [-0.2, -0.15) is 5.10 Å². The fourth-order valence-corrected chi connectivity index (χ4v) is 5.12. The molecule has 2 aromatic rings. The molecule has 1 unspecified atom stereocenters. The molecular weight excluding hydrogens is 332 g/mol. The van der Waals surface area contributed by atoms with Gasteiger partial charge >= 0.3 is 0 Å². The maximum Gasteiger partial charge on any atom is 0.239 e. The van der Waals surface area contributed by atoms with E-state index in [4.69, 9.17) is 0 Å². The lowest BCUT2D eigenvalue weighted by Gasteiger charge is -2.38. The summed E-state index contributed by atoms with van der Waals surface area (Å²) in [5, 5.41) is 9.34. The predicted octanol–water partition coefficient (Wildman–Crippen LogP) is 2.93. The smallest absolute Gasteiger partial charge is 0.239 e. The summed E-state index contributed by atoms with van der Waals surface area (Å²) in [5.41, 5.74) is 3.87. The Morgan fingerprint density at radius 2 is 2.16 bits per heavy atom. The molecule has 0 aromatic carbocycles. The number of carbonyl (C=O) groups is 1. The van der Waals surface area contributed by atoms with E-state index in [1.54, 1.807) is 0 Å². The van der Waals surface area contributed by atoms with Gasteiger partial charge in [0.25, 0.3) is 0 Å². The van der Waals surface area contributed by atoms with Crippen LogP contribution >= 0.6 is 11.3 Å². The van der Waals surface area contributed by atoms with Gasteiger partial charge in [-0.3, -0.25) is 14.8 Å². The number of hydrogen-bond acceptors (Lipinski definition) is 4. The normalized spacial score (nSPS) is 20.5. The van der Waals surface area contributed by atoms with E-state index in [0.717, 1.165) is 45.4 Å². The number of nitrogens with zero attached hydrogens (tertiary/aromatic N) is 3. The van der Waals surface area contributed by atoms with Crippen LogP contribution in [0, 0.1) is 6.92 Å². The van der Waals surface area contributed by atoms with Crippen molar-refractivity contribution in [2.75, 3.05) is 19.6 Å². The van der Waals surface area contributed by atoms with Crippen molar-refractivity contribution in [2.24, 2.45) is 0 Å². The van der Waals surface area contributed by atoms with E-state index in [0.29, 0.717) is 5.92 Å². The number of amides is 1. The van der Waals surface area contributed by atoms with Crippen LogP contribution in [-0.2, 0) is 17.8 Å². The molecule has 4 rings (SSSR count). The van der Waals surface area contributed by atoms with Gasteiger partial charge in [0, 0.05) is 23.7 Å². The molecule has 2 aromatic heterocycles. The van der Waals surface area contributed by atoms with Crippen LogP contribution in [0.3, 0.4) is 0 Å². The maximum absolute atomic E-state index is 13.0. The van der Waals surface area contributed by atoms with E-state index in [-0.39, 0.29) is 11.9 Å². The van der Waals surface area contributed by atoms with E-state index < -0.39 is 0 Å². The monoisotopic (exact) mass is 358 g/mol. The molecule has 1 fully saturated rings. The predicted molar refractivity (Wildman–Crippen MR) is 99.8 cm³/mol. The number of nitrogens with one attached hydrogen (secondary N) is 1. The zero-order valence-corrected chi connectivity index (χ0v) is 15.8. The number of carbonyl (C=O) groups excluding carboxylic acids is 1. The first kappa shape index (κ1) is 16.8. The standard InChI is InChI=1S/C19H26N4OS/c1-13-17(11-20-21-13)15-3-7-22(8-4-15)14(2)19(24)23-9-5-18-16(12-23)6-10-25-18/h6,10-11,14-15H,3-5,7-9,12H2,1-2H3,(H,20,21). The van der Waals surface area contributed by atoms with Crippen LogP contribution in [-0.4, -0.2) is 51.6 Å². The first-order chi connectivity index (χ1) is 12.1. The fourth-order valence-electron chi connectivity index (χ4n) is 4.23. The Hall–Kier alpha value is -1.66. The van der Waals surface area contributed by atoms with Gasteiger partial charge in [0.15, 0.2) is 0 Å². The lowest BCUT2D eigenvalue weighted by molar-refractivity contribution is -0.137. The fraction of sp³-hybridized carbons (Fsp3) is 0.579. The minimum Gasteiger partial charge on any atom is -0.337 e. The molecule has 0 saturated carbocycles. The van der Waals surface area contributed by atoms with Crippen molar-refractivity contribution in [3.8, 4) is 0 Å². The van der Waals surface area contributed by atoms with E-state index in [1.165, 1.54) is 21.7 Å². The van der Waals surface area contributed by atoms with Gasteiger partial charge < -0.3 is 4.90 Å². The van der Waals surface area contributed by atoms with Crippen molar-refractivity contribution in [1.82, 2.24) is 20.0 Å². The highest BCUT2D eigenvalue weighted by Crippen LogP contribution is 2.31. The van der Waals surface area contributed by atoms with E-state index in [9.17, 15) is 4.79 Å². The van der Waals surface area contributed by atoms with Gasteiger partial charge in [0.05, 0.1) is 12.2 Å². The Morgan fingerprint density at radius 1 is 1.36 bits per heavy atom. The van der Waals surface area contributed by atoms with Crippen LogP contribution < -0.4 is 0 Å². The van der Waals surface area contributed by atoms with E-state index in [1.807, 2.05) is 22.4 Å². The molecule has 6 heteroatoms. The zero-order chi connectivity index (χ0) is 17.4. The number of aryl methyl sites for hydroxylation is 1. The molecule has 134 valence electrons. The summed E-state index contributed by atoms with van der Waals surface area (Å²) in [6.45, 7) is 7.79. The van der Waals surface area contributed by atoms with Crippen LogP contribution in [0.15, 0.2) is 17.6 Å². The van der Waals surface area contributed by atoms with Crippen LogP contribution in [0.4, 0.5) is 0 Å². The van der Waals surface area contributed by atoms with Crippen molar-refractivity contribution in [3.63, 3.8) is 0 Å². The summed E-state index contributed by atoms with van der Waals surface area (Å²) in [6.07, 6.45) is 5.18. The molecule has 0 bridgehead atoms. The van der Waals surface area contributed by atoms with Gasteiger partial charge in [0.2, 0.25) is 5.91 Å². The first-order valence-electron chi connectivity index (χ1n) is 9.21. The van der Waals surface area contributed by atoms with Crippen LogP contribution in [0.2, 0.25) is 0 Å². The van der Waals surface area contributed by atoms with Crippen molar-refractivity contribution < 1.29 is 4.79 Å². The van der Waals surface area contributed by atoms with Crippen molar-refractivity contribution in [3.05, 3.63) is 39.3 Å². The number of piperidine rings is 1. The molecule has 0 aliphatic carbocycles. The number of likely N-dealkylation sites (tertiary alicyclic amines) is 1. The Balaban J connectivity index is 1.35. The van der Waals surface area contributed by atoms with E-state index >= 15 is 0 Å². The quantitative estimate of drug-likeness (QED) is 0.918. The molecular formula is C19H26N4OS. The molecule has 2 aliphatic heterocycles. The molecule has 2 aliphatic rings. The molecule has 25 heavy (non-hydrogen) atoms. The Bertz CT molecular complexity index is 744. The second kappa shape index (κ2) is 6.92. The second-order valence-corrected chi connectivity index (χ2v) is 8.32. The summed E-state index contributed by atoms with van der Waals surface area (Å²) in [4.78, 5) is 18.8. The van der Waals surface area contributed by atoms with Crippen LogP contribution in [0.25, 0.3) is 0 Å². The largest absolute Gasteiger partial charge is 0.337 e. The Labute approximate surface area is 153 Å². The first-order valence-corrected chi connectivity index (χ1v) is 10.1. The lowest BCUT2D eigenvalue weighted by atomic mass is 9.89. The van der Waals surface area contributed by atoms with Crippen LogP contribution in [0.1, 0.15) is 47.4 Å². The highest BCUT2D eigenvalue weighted by Gasteiger charge is 2.31. The topological polar surface area (TPSA) is 52.2 Å². The van der Waals surface area contributed by atoms with Crippen molar-refractivity contribution in [1.29, 1.82) is 0 Å². The average molecular weight is 359 g/mol. The third-order valence-corrected chi connectivity index (χ3v) is 6.89. The SMILES string of the molecule is Cc1[nH]ncc1C1CCN(C(C)C(=O)N2CCc3sccc3C2)CC1. The lowest BCUT2D eigenvalue weighted by Crippen LogP contribution is -2.50. The number of rotatable bonds is 3. The average Bonchev–Trinajstić information content (AvgIpc) is 3.28. The minimum atomic E-state index is -0.0217. The molecule has 1 amide bonds. The third kappa shape index (κ3) is 3.25. The maximum atomic E-state index is 13.0. The molecule has 4 heterocycles. The molecule has 1 atom stereocenters. The summed E-state index contributed by atoms with van der Waals surface area (Å²) in [6, 6.07) is 2.15. The Kier molecular flexibility index (Phi) is 4.65. The molecule has 1 saturated heterocycles. The zero-order valence-electron chi connectivity index (χ0n) is 15.0. The molecule has 0 radical (unpaired) electrons. The number of thiophene rings is 1. The van der Waals surface area contributed by atoms with E-state index in [2.05, 4.69) is 40.4 Å². The van der Waals surface area contributed by atoms with Crippen LogP contribution in [0.5, 0.6) is 0 Å². The van der Waals surface area contributed by atoms with Gasteiger partial charge in [-0.15, -0.1) is 11.3 Å². The highest BCUT2D eigenvalue weighted by atomic mass is 32.1. The molecule has 1 N–H and O–H groups in total. The molecule has 0 spiro atoms. The summed E-state index contributed by atoms with van der Waals surface area (Å²) < 4.78 is 0. The van der Waals surface area contributed by atoms with Gasteiger partial charge in [-0.1, -0.05) is 0 Å². The third-order valence-electron chi connectivity index (χ3n) is 5.86. The molecule has 5 nitrogen and oxygen atoms in total. The number of H-pyrrole nitrogens is 1. The summed E-state index contributed by atoms with van der Waals surface area (Å²) in [7, 11) is 0. The number of hydrogen-bond donors (Lipinski definition) is 1. The summed E-state index contributed by atoms with van der Waals surface area (Å²) >= 11 is 1.82. The Morgan fingerprint density at radius 3 is 2.88 bits per heavy atom. The highest BCUT2D eigenvalue weighted by molar-refractivity contribution is 7.10. The van der Waals surface area contributed by atoms with Gasteiger partial charge in [-0.05, 0) is 74.7 Å². The number of fused-ring (bicyclic) bond motifs is 1. The number of aromatic nitrogens is 2. The number of aromatic amines is 1. The van der Waals surface area contributed by atoms with Crippen molar-refractivity contribution >= 4 is 17.2 Å². The van der Waals surface area contributed by atoms with Gasteiger partial charge in [0.1, 0.15) is 0 Å². The minimum absolute atomic E-state index is 0.0217.